The van der Waals surface area contributed by atoms with Gasteiger partial charge in [-0.3, -0.25) is 43.3 Å². The molecule has 10 rings (SSSR count). The third-order valence-corrected chi connectivity index (χ3v) is 15.6. The van der Waals surface area contributed by atoms with E-state index in [0.29, 0.717) is 56.0 Å². The fourth-order valence-electron chi connectivity index (χ4n) is 11.8. The van der Waals surface area contributed by atoms with Gasteiger partial charge in [0.05, 0.1) is 73.7 Å². The number of anilines is 3. The first-order chi connectivity index (χ1) is 40.0. The van der Waals surface area contributed by atoms with Crippen molar-refractivity contribution in [3.8, 4) is 0 Å². The molecule has 6 aromatic carbocycles. The van der Waals surface area contributed by atoms with Crippen LogP contribution in [0.5, 0.6) is 0 Å². The van der Waals surface area contributed by atoms with Gasteiger partial charge in [-0.25, -0.2) is 19.5 Å². The van der Waals surface area contributed by atoms with Crippen LogP contribution in [0.2, 0.25) is 0 Å². The number of aliphatic hydroxyl groups excluding tert-OH is 1. The van der Waals surface area contributed by atoms with Crippen molar-refractivity contribution in [2.75, 3.05) is 35.0 Å². The monoisotopic (exact) mass is 1210 g/mol. The van der Waals surface area contributed by atoms with E-state index in [1.54, 1.807) is 0 Å². The molecule has 1 N–H and O–H groups in total. The zero-order valence-corrected chi connectivity index (χ0v) is 44.7. The lowest BCUT2D eigenvalue weighted by Gasteiger charge is -2.38. The number of nitrogens with zero attached hydrogens (tertiary/aromatic N) is 4. The Kier molecular flexibility index (Phi) is 13.7. The average molecular weight is 1210 g/mol. The molecule has 4 aliphatic heterocycles. The van der Waals surface area contributed by atoms with Crippen LogP contribution in [0.4, 0.5) is 69.7 Å². The first-order valence-corrected chi connectivity index (χ1v) is 25.3. The highest BCUT2D eigenvalue weighted by Crippen LogP contribution is 2.59. The minimum absolute atomic E-state index is 0.0453. The highest BCUT2D eigenvalue weighted by molar-refractivity contribution is 6.38. The molecule has 15 nitrogen and oxygen atoms in total. The zero-order valence-electron chi connectivity index (χ0n) is 44.7. The molecule has 0 fully saturated rings. The van der Waals surface area contributed by atoms with Crippen molar-refractivity contribution in [1.82, 2.24) is 4.90 Å². The zero-order chi connectivity index (χ0) is 63.2. The predicted molar refractivity (Wildman–Crippen MR) is 275 cm³/mol. The van der Waals surface area contributed by atoms with Crippen molar-refractivity contribution in [3.63, 3.8) is 0 Å². The number of ether oxygens (including phenoxy) is 1. The normalized spacial score (nSPS) is 15.6. The number of benzene rings is 6. The highest BCUT2D eigenvalue weighted by Gasteiger charge is 2.74. The topological polar surface area (TPSA) is 196 Å². The molecule has 0 bridgehead atoms. The summed E-state index contributed by atoms with van der Waals surface area (Å²) in [6, 6.07) is 8.83. The second-order valence-corrected chi connectivity index (χ2v) is 20.6. The van der Waals surface area contributed by atoms with Crippen molar-refractivity contribution < 1.29 is 106 Å². The minimum Gasteiger partial charge on any atom is -0.462 e. The van der Waals surface area contributed by atoms with E-state index >= 15 is 52.7 Å². The fourth-order valence-corrected chi connectivity index (χ4v) is 11.8. The molecular formula is C59H38F12N4O11. The summed E-state index contributed by atoms with van der Waals surface area (Å²) < 4.78 is 192. The number of carbonyl (C=O) groups excluding carboxylic acids is 9. The van der Waals surface area contributed by atoms with Gasteiger partial charge < -0.3 is 9.84 Å². The van der Waals surface area contributed by atoms with Gasteiger partial charge in [0.15, 0.2) is 0 Å². The number of esters is 1. The maximum atomic E-state index is 15.8. The molecule has 0 aromatic heterocycles. The number of imide groups is 4. The summed E-state index contributed by atoms with van der Waals surface area (Å²) in [6.45, 7) is 4.51. The van der Waals surface area contributed by atoms with E-state index in [-0.39, 0.29) is 89.5 Å². The van der Waals surface area contributed by atoms with Gasteiger partial charge in [-0.05, 0) is 139 Å². The standard InChI is InChI=1S/C59H38F12N4O11/c1-25-17-29(53(85)86-16-6-15-76)20-34(18-25)73-47(79)36-12-8-31(22-40(36)50(73)82)55(58(66,67)68,59(69,70)71)33-10-14-38-42(24-33)52(84)75(49(38)81)44-27(3)19-26(2)43(28(44)4)74-48(80)37-13-9-32(23-41(37)51(74)83)54(56(60,61)62,57(63,64)65)30-7-11-35-39(21-30)46(78)72(5)45(35)77/h7-14,17-24,76H,6,15-16H2,1-5H3. The Labute approximate surface area is 475 Å². The largest absolute Gasteiger partial charge is 0.462 e. The molecular weight excluding hydrogens is 1170 g/mol. The average Bonchev–Trinajstić information content (AvgIpc) is 1.10. The third kappa shape index (κ3) is 8.35. The number of fused-ring (bicyclic) bond motifs is 4. The Bertz CT molecular complexity index is 4080. The molecule has 0 aliphatic carbocycles. The summed E-state index contributed by atoms with van der Waals surface area (Å²) in [7, 11) is 0.947. The van der Waals surface area contributed by atoms with E-state index in [2.05, 4.69) is 0 Å². The Balaban J connectivity index is 1.02. The van der Waals surface area contributed by atoms with Crippen LogP contribution < -0.4 is 14.7 Å². The lowest BCUT2D eigenvalue weighted by molar-refractivity contribution is -0.290. The highest BCUT2D eigenvalue weighted by atomic mass is 19.4. The van der Waals surface area contributed by atoms with Gasteiger partial charge in [-0.1, -0.05) is 30.3 Å². The number of halogens is 12. The number of alkyl halides is 12. The number of aryl methyl sites for hydroxylation is 3. The van der Waals surface area contributed by atoms with Gasteiger partial charge in [-0.2, -0.15) is 52.7 Å². The van der Waals surface area contributed by atoms with Crippen LogP contribution in [0.25, 0.3) is 0 Å². The van der Waals surface area contributed by atoms with E-state index in [1.807, 2.05) is 0 Å². The summed E-state index contributed by atoms with van der Waals surface area (Å²) in [5, 5.41) is 9.05. The van der Waals surface area contributed by atoms with E-state index in [1.165, 1.54) is 39.0 Å². The molecule has 0 atom stereocenters. The summed E-state index contributed by atoms with van der Waals surface area (Å²) in [5.41, 5.74) is -25.0. The van der Waals surface area contributed by atoms with Gasteiger partial charge >= 0.3 is 30.7 Å². The molecule has 4 heterocycles. The van der Waals surface area contributed by atoms with E-state index in [9.17, 15) is 43.2 Å². The molecule has 27 heteroatoms. The lowest BCUT2D eigenvalue weighted by Crippen LogP contribution is -2.55. The minimum atomic E-state index is -6.40. The van der Waals surface area contributed by atoms with Crippen molar-refractivity contribution in [2.45, 2.75) is 69.7 Å². The predicted octanol–water partition coefficient (Wildman–Crippen LogP) is 10.9. The van der Waals surface area contributed by atoms with Crippen molar-refractivity contribution in [3.05, 3.63) is 192 Å². The van der Waals surface area contributed by atoms with Crippen LogP contribution in [0.1, 0.15) is 144 Å². The molecule has 0 spiro atoms. The van der Waals surface area contributed by atoms with E-state index in [0.717, 1.165) is 20.0 Å². The van der Waals surface area contributed by atoms with Gasteiger partial charge in [-0.15, -0.1) is 0 Å². The summed E-state index contributed by atoms with van der Waals surface area (Å²) in [6.07, 6.45) is -25.4. The summed E-state index contributed by atoms with van der Waals surface area (Å²) in [4.78, 5) is 125. The van der Waals surface area contributed by atoms with Gasteiger partial charge in [0.1, 0.15) is 0 Å². The van der Waals surface area contributed by atoms with E-state index in [4.69, 9.17) is 9.84 Å². The quantitative estimate of drug-likeness (QED) is 0.0561. The molecule has 0 unspecified atom stereocenters. The van der Waals surface area contributed by atoms with E-state index < -0.39 is 167 Å². The maximum absolute atomic E-state index is 15.8. The van der Waals surface area contributed by atoms with Crippen LogP contribution in [0, 0.1) is 27.7 Å². The van der Waals surface area contributed by atoms with Gasteiger partial charge in [0, 0.05) is 20.1 Å². The van der Waals surface area contributed by atoms with Crippen LogP contribution in [-0.2, 0) is 15.6 Å². The number of aliphatic hydroxyl groups is 1. The Hall–Kier alpha value is -9.53. The summed E-state index contributed by atoms with van der Waals surface area (Å²) >= 11 is 0. The van der Waals surface area contributed by atoms with Crippen molar-refractivity contribution in [2.24, 2.45) is 0 Å². The van der Waals surface area contributed by atoms with Crippen molar-refractivity contribution in [1.29, 1.82) is 0 Å². The SMILES string of the molecule is Cc1cc(C(=O)OCCCO)cc(N2C(=O)c3ccc(C(c4ccc5c(c4)C(=O)N(c4c(C)cc(C)c(N6C(=O)c7ccc(C(c8ccc9c(c8)C(=O)N(C)C9=O)(C(F)(F)F)C(F)(F)F)cc7C6=O)c4C)C5=O)(C(F)(F)F)C(F)(F)F)cc3C2=O)c1. The molecule has 0 saturated heterocycles. The molecule has 4 aliphatic rings. The Morgan fingerprint density at radius 1 is 0.430 bits per heavy atom. The second kappa shape index (κ2) is 19.8. The van der Waals surface area contributed by atoms with Crippen LogP contribution >= 0.6 is 0 Å². The number of hydrogen-bond donors (Lipinski definition) is 1. The maximum Gasteiger partial charge on any atom is 0.411 e. The van der Waals surface area contributed by atoms with Crippen LogP contribution in [0.15, 0.2) is 97.1 Å². The first kappa shape index (κ1) is 59.6. The molecule has 0 saturated carbocycles. The van der Waals surface area contributed by atoms with Crippen LogP contribution in [-0.4, -0.2) is 108 Å². The van der Waals surface area contributed by atoms with Crippen LogP contribution in [0.3, 0.4) is 0 Å². The number of hydrogen-bond acceptors (Lipinski definition) is 11. The number of amides is 8. The van der Waals surface area contributed by atoms with Gasteiger partial charge in [0.2, 0.25) is 10.8 Å². The lowest BCUT2D eigenvalue weighted by atomic mass is 9.71. The Morgan fingerprint density at radius 2 is 0.756 bits per heavy atom. The number of rotatable bonds is 11. The Morgan fingerprint density at radius 3 is 1.13 bits per heavy atom. The first-order valence-electron chi connectivity index (χ1n) is 25.3. The third-order valence-electron chi connectivity index (χ3n) is 15.6. The summed E-state index contributed by atoms with van der Waals surface area (Å²) in [5.74, 6) is -11.6. The second-order valence-electron chi connectivity index (χ2n) is 20.6. The molecule has 0 radical (unpaired) electrons. The van der Waals surface area contributed by atoms with Crippen molar-refractivity contribution >= 4 is 70.3 Å². The molecule has 86 heavy (non-hydrogen) atoms. The smallest absolute Gasteiger partial charge is 0.411 e. The fraction of sp³-hybridized carbons (Fsp3) is 0.237. The molecule has 444 valence electrons. The molecule has 6 aromatic rings. The molecule has 8 amide bonds. The van der Waals surface area contributed by atoms with Gasteiger partial charge in [0.25, 0.3) is 47.3 Å². The number of carbonyl (C=O) groups is 9.